The van der Waals surface area contributed by atoms with Gasteiger partial charge in [0, 0.05) is 6.42 Å². The summed E-state index contributed by atoms with van der Waals surface area (Å²) in [5.41, 5.74) is 0.863. The Kier molecular flexibility index (Phi) is 7.33. The number of aliphatic carboxylic acids is 1. The maximum atomic E-state index is 10.1. The van der Waals surface area contributed by atoms with Crippen LogP contribution in [0.25, 0.3) is 0 Å². The number of hydrogen-bond donors (Lipinski definition) is 1. The first-order valence-corrected chi connectivity index (χ1v) is 4.38. The molecule has 0 amide bonds. The van der Waals surface area contributed by atoms with Gasteiger partial charge < -0.3 is 5.11 Å². The van der Waals surface area contributed by atoms with Crippen molar-refractivity contribution in [3.8, 4) is 0 Å². The van der Waals surface area contributed by atoms with Crippen LogP contribution in [0.1, 0.15) is 5.56 Å². The Labute approximate surface area is 99.8 Å². The van der Waals surface area contributed by atoms with Gasteiger partial charge in [0.1, 0.15) is 0 Å². The monoisotopic (exact) mass is 244 g/mol. The fourth-order valence-corrected chi connectivity index (χ4v) is 1.03. The largest absolute Gasteiger partial charge is 2.00 e. The minimum atomic E-state index is -0.777. The van der Waals surface area contributed by atoms with E-state index >= 15 is 0 Å². The molecule has 15 heavy (non-hydrogen) atoms. The third-order valence-corrected chi connectivity index (χ3v) is 1.64. The molecule has 2 rings (SSSR count). The van der Waals surface area contributed by atoms with Gasteiger partial charge in [-0.1, -0.05) is 0 Å². The van der Waals surface area contributed by atoms with Crippen LogP contribution in [0.2, 0.25) is 0 Å². The summed E-state index contributed by atoms with van der Waals surface area (Å²) >= 11 is 0. The van der Waals surface area contributed by atoms with E-state index in [0.29, 0.717) is 0 Å². The summed E-state index contributed by atoms with van der Waals surface area (Å²) < 4.78 is 0. The minimum Gasteiger partial charge on any atom is -0.482 e. The van der Waals surface area contributed by atoms with Crippen molar-refractivity contribution in [2.75, 3.05) is 0 Å². The number of carboxylic acid groups (broad SMARTS) is 1. The zero-order chi connectivity index (χ0) is 10.2. The van der Waals surface area contributed by atoms with E-state index in [0.717, 1.165) is 5.56 Å². The Morgan fingerprint density at radius 2 is 1.67 bits per heavy atom. The summed E-state index contributed by atoms with van der Waals surface area (Å²) in [6.45, 7) is 0. The topological polar surface area (TPSA) is 37.3 Å². The molecular weight excluding hydrogens is 232 g/mol. The second kappa shape index (κ2) is 8.04. The molecule has 0 bridgehead atoms. The van der Waals surface area contributed by atoms with Crippen LogP contribution in [0.4, 0.5) is 0 Å². The molecule has 0 aliphatic heterocycles. The van der Waals surface area contributed by atoms with Gasteiger partial charge in [0.25, 0.3) is 5.97 Å². The Morgan fingerprint density at radius 1 is 1.13 bits per heavy atom. The Morgan fingerprint density at radius 3 is 2.00 bits per heavy atom. The van der Waals surface area contributed by atoms with Gasteiger partial charge in [0.2, 0.25) is 0 Å². The van der Waals surface area contributed by atoms with Crippen LogP contribution < -0.4 is 0 Å². The van der Waals surface area contributed by atoms with Crippen molar-refractivity contribution in [1.29, 1.82) is 0 Å². The molecular formula is C12H12FeO2. The normalized spacial score (nSPS) is 8.27. The van der Waals surface area contributed by atoms with Crippen molar-refractivity contribution in [3.05, 3.63) is 60.2 Å². The second-order valence-electron chi connectivity index (χ2n) is 2.83. The van der Waals surface area contributed by atoms with Gasteiger partial charge in [0.05, 0.1) is 0 Å². The van der Waals surface area contributed by atoms with Crippen molar-refractivity contribution in [3.63, 3.8) is 0 Å². The number of rotatable bonds is 2. The Bertz CT molecular complexity index is 318. The van der Waals surface area contributed by atoms with Crippen LogP contribution in [0.5, 0.6) is 0 Å². The quantitative estimate of drug-likeness (QED) is 0.650. The van der Waals surface area contributed by atoms with Crippen LogP contribution >= 0.6 is 0 Å². The molecule has 0 fully saturated rings. The van der Waals surface area contributed by atoms with E-state index in [1.807, 2.05) is 42.5 Å². The number of carbonyl (C=O) groups is 1. The van der Waals surface area contributed by atoms with Crippen molar-refractivity contribution >= 4 is 5.97 Å². The first-order chi connectivity index (χ1) is 6.79. The third kappa shape index (κ3) is 6.72. The third-order valence-electron chi connectivity index (χ3n) is 1.64. The standard InChI is InChI=1S/C7H7O2.C5H5.Fe/c8-7(9)5-6-3-1-2-4-6;1-2-4-5-3-1;/h1-4H,5H2,(H,8,9);1-5H;/q2*-1;+2. The summed E-state index contributed by atoms with van der Waals surface area (Å²) in [5.74, 6) is -0.777. The van der Waals surface area contributed by atoms with E-state index in [2.05, 4.69) is 0 Å². The first-order valence-electron chi connectivity index (χ1n) is 4.38. The van der Waals surface area contributed by atoms with Crippen LogP contribution in [0.3, 0.4) is 0 Å². The molecule has 0 aromatic heterocycles. The molecule has 0 heterocycles. The van der Waals surface area contributed by atoms with Crippen molar-refractivity contribution in [2.45, 2.75) is 6.42 Å². The summed E-state index contributed by atoms with van der Waals surface area (Å²) in [7, 11) is 0. The molecule has 2 nitrogen and oxygen atoms in total. The van der Waals surface area contributed by atoms with Gasteiger partial charge in [-0.2, -0.15) is 30.3 Å². The summed E-state index contributed by atoms with van der Waals surface area (Å²) in [6, 6.07) is 17.3. The van der Waals surface area contributed by atoms with Crippen LogP contribution in [-0.2, 0) is 28.3 Å². The molecule has 0 saturated carbocycles. The number of carboxylic acids is 1. The van der Waals surface area contributed by atoms with Crippen LogP contribution in [0, 0.1) is 0 Å². The maximum Gasteiger partial charge on any atom is 2.00 e. The molecule has 0 spiro atoms. The predicted molar refractivity (Wildman–Crippen MR) is 55.4 cm³/mol. The smallest absolute Gasteiger partial charge is 0.482 e. The molecule has 2 aromatic rings. The molecule has 1 N–H and O–H groups in total. The van der Waals surface area contributed by atoms with Gasteiger partial charge in [-0.15, -0.1) is 5.56 Å². The summed E-state index contributed by atoms with van der Waals surface area (Å²) in [6.07, 6.45) is 0.132. The van der Waals surface area contributed by atoms with Gasteiger partial charge in [0.15, 0.2) is 0 Å². The molecule has 2 aromatic carbocycles. The zero-order valence-electron chi connectivity index (χ0n) is 8.11. The molecule has 0 atom stereocenters. The predicted octanol–water partition coefficient (Wildman–Crippen LogP) is 2.44. The molecule has 3 heteroatoms. The van der Waals surface area contributed by atoms with Gasteiger partial charge >= 0.3 is 17.1 Å². The summed E-state index contributed by atoms with van der Waals surface area (Å²) in [5, 5.41) is 8.29. The fraction of sp³-hybridized carbons (Fsp3) is 0.0833. The van der Waals surface area contributed by atoms with E-state index in [1.54, 1.807) is 12.1 Å². The number of hydrogen-bond acceptors (Lipinski definition) is 1. The van der Waals surface area contributed by atoms with Crippen molar-refractivity contribution in [2.24, 2.45) is 0 Å². The molecule has 0 saturated heterocycles. The maximum absolute atomic E-state index is 10.1. The van der Waals surface area contributed by atoms with E-state index in [1.165, 1.54) is 0 Å². The van der Waals surface area contributed by atoms with E-state index in [9.17, 15) is 4.79 Å². The van der Waals surface area contributed by atoms with E-state index in [-0.39, 0.29) is 23.5 Å². The SMILES string of the molecule is O=C(O)C[c-]1cccc1.[Fe+2].c1cc[cH-]c1. The molecule has 80 valence electrons. The average molecular weight is 244 g/mol. The average Bonchev–Trinajstić information content (AvgIpc) is 2.75. The Hall–Kier alpha value is -1.31. The molecule has 0 aliphatic carbocycles. The first kappa shape index (κ1) is 13.7. The summed E-state index contributed by atoms with van der Waals surface area (Å²) in [4.78, 5) is 10.1. The second-order valence-corrected chi connectivity index (χ2v) is 2.83. The van der Waals surface area contributed by atoms with Crippen molar-refractivity contribution in [1.82, 2.24) is 0 Å². The fourth-order valence-electron chi connectivity index (χ4n) is 1.03. The van der Waals surface area contributed by atoms with Gasteiger partial charge in [-0.3, -0.25) is 4.79 Å². The van der Waals surface area contributed by atoms with Crippen LogP contribution in [0.15, 0.2) is 54.6 Å². The molecule has 0 radical (unpaired) electrons. The van der Waals surface area contributed by atoms with Gasteiger partial charge in [-0.25, -0.2) is 24.3 Å². The minimum absolute atomic E-state index is 0. The molecule has 0 aliphatic rings. The molecule has 0 unspecified atom stereocenters. The van der Waals surface area contributed by atoms with Crippen molar-refractivity contribution < 1.29 is 27.0 Å². The zero-order valence-corrected chi connectivity index (χ0v) is 9.22. The van der Waals surface area contributed by atoms with Crippen LogP contribution in [-0.4, -0.2) is 11.1 Å². The van der Waals surface area contributed by atoms with E-state index < -0.39 is 5.97 Å². The van der Waals surface area contributed by atoms with Gasteiger partial charge in [-0.05, 0) is 0 Å². The van der Waals surface area contributed by atoms with E-state index in [4.69, 9.17) is 5.11 Å². The Balaban J connectivity index is 0.000000280.